The summed E-state index contributed by atoms with van der Waals surface area (Å²) >= 11 is 1.45. The van der Waals surface area contributed by atoms with Crippen LogP contribution in [0, 0.1) is 0 Å². The minimum absolute atomic E-state index is 0.0549. The SMILES string of the molecule is CCc1ccc(C(=O)NN=C(C)c2ccc(OC)cc2O)s1. The standard InChI is InChI=1S/C16H18N2O3S/c1-4-12-6-8-15(22-12)16(20)18-17-10(2)13-7-5-11(21-3)9-14(13)19/h5-9,19H,4H2,1-3H3,(H,18,20). The number of carbonyl (C=O) groups is 1. The summed E-state index contributed by atoms with van der Waals surface area (Å²) in [4.78, 5) is 13.8. The van der Waals surface area contributed by atoms with Gasteiger partial charge in [-0.1, -0.05) is 6.92 Å². The van der Waals surface area contributed by atoms with Crippen molar-refractivity contribution in [2.24, 2.45) is 5.10 Å². The predicted molar refractivity (Wildman–Crippen MR) is 88.0 cm³/mol. The number of thiophene rings is 1. The minimum Gasteiger partial charge on any atom is -0.507 e. The normalized spacial score (nSPS) is 11.3. The number of aromatic hydroxyl groups is 1. The fourth-order valence-electron chi connectivity index (χ4n) is 1.88. The zero-order valence-electron chi connectivity index (χ0n) is 12.7. The van der Waals surface area contributed by atoms with E-state index in [0.717, 1.165) is 11.3 Å². The van der Waals surface area contributed by atoms with Gasteiger partial charge in [0.1, 0.15) is 11.5 Å². The van der Waals surface area contributed by atoms with Gasteiger partial charge in [0, 0.05) is 16.5 Å². The van der Waals surface area contributed by atoms with Crippen molar-refractivity contribution in [3.63, 3.8) is 0 Å². The second kappa shape index (κ2) is 7.09. The number of rotatable bonds is 5. The third kappa shape index (κ3) is 3.65. The summed E-state index contributed by atoms with van der Waals surface area (Å²) in [6.45, 7) is 3.76. The Hall–Kier alpha value is -2.34. The molecule has 0 aliphatic heterocycles. The molecule has 116 valence electrons. The van der Waals surface area contributed by atoms with E-state index in [4.69, 9.17) is 4.74 Å². The first-order chi connectivity index (χ1) is 10.5. The highest BCUT2D eigenvalue weighted by molar-refractivity contribution is 7.14. The lowest BCUT2D eigenvalue weighted by molar-refractivity contribution is 0.0959. The molecule has 2 rings (SSSR count). The number of hydrogen-bond donors (Lipinski definition) is 2. The Morgan fingerprint density at radius 3 is 2.73 bits per heavy atom. The Morgan fingerprint density at radius 1 is 1.36 bits per heavy atom. The molecule has 1 aromatic carbocycles. The van der Waals surface area contributed by atoms with Crippen LogP contribution in [0.4, 0.5) is 0 Å². The Balaban J connectivity index is 2.10. The molecule has 5 nitrogen and oxygen atoms in total. The largest absolute Gasteiger partial charge is 0.507 e. The lowest BCUT2D eigenvalue weighted by Gasteiger charge is -2.06. The van der Waals surface area contributed by atoms with Crippen LogP contribution in [0.15, 0.2) is 35.4 Å². The van der Waals surface area contributed by atoms with Gasteiger partial charge in [0.05, 0.1) is 17.7 Å². The topological polar surface area (TPSA) is 70.9 Å². The van der Waals surface area contributed by atoms with Crippen LogP contribution >= 0.6 is 11.3 Å². The molecule has 2 N–H and O–H groups in total. The number of hydrogen-bond acceptors (Lipinski definition) is 5. The van der Waals surface area contributed by atoms with Gasteiger partial charge in [0.2, 0.25) is 0 Å². The van der Waals surface area contributed by atoms with E-state index in [9.17, 15) is 9.90 Å². The molecule has 0 bridgehead atoms. The van der Waals surface area contributed by atoms with Crippen LogP contribution < -0.4 is 10.2 Å². The predicted octanol–water partition coefficient (Wildman–Crippen LogP) is 3.18. The van der Waals surface area contributed by atoms with Gasteiger partial charge in [0.25, 0.3) is 5.91 Å². The van der Waals surface area contributed by atoms with Crippen molar-refractivity contribution in [2.45, 2.75) is 20.3 Å². The molecule has 1 aromatic heterocycles. The van der Waals surface area contributed by atoms with Crippen LogP contribution in [-0.4, -0.2) is 23.8 Å². The number of benzene rings is 1. The van der Waals surface area contributed by atoms with Crippen molar-refractivity contribution in [3.8, 4) is 11.5 Å². The Kier molecular flexibility index (Phi) is 5.16. The molecule has 0 spiro atoms. The lowest BCUT2D eigenvalue weighted by atomic mass is 10.1. The van der Waals surface area contributed by atoms with Crippen LogP contribution in [-0.2, 0) is 6.42 Å². The molecule has 6 heteroatoms. The maximum Gasteiger partial charge on any atom is 0.281 e. The monoisotopic (exact) mass is 318 g/mol. The molecule has 22 heavy (non-hydrogen) atoms. The zero-order chi connectivity index (χ0) is 16.1. The van der Waals surface area contributed by atoms with Gasteiger partial charge < -0.3 is 9.84 Å². The molecule has 0 radical (unpaired) electrons. The Labute approximate surface area is 133 Å². The first kappa shape index (κ1) is 16.0. The number of hydrazone groups is 1. The number of ether oxygens (including phenoxy) is 1. The molecule has 0 unspecified atom stereocenters. The molecular formula is C16H18N2O3S. The number of amides is 1. The number of carbonyl (C=O) groups excluding carboxylic acids is 1. The molecule has 2 aromatic rings. The highest BCUT2D eigenvalue weighted by Crippen LogP contribution is 2.24. The quantitative estimate of drug-likeness (QED) is 0.657. The smallest absolute Gasteiger partial charge is 0.281 e. The average molecular weight is 318 g/mol. The number of nitrogens with one attached hydrogen (secondary N) is 1. The highest BCUT2D eigenvalue weighted by atomic mass is 32.1. The number of methoxy groups -OCH3 is 1. The van der Waals surface area contributed by atoms with Gasteiger partial charge >= 0.3 is 0 Å². The zero-order valence-corrected chi connectivity index (χ0v) is 13.5. The number of nitrogens with zero attached hydrogens (tertiary/aromatic N) is 1. The molecule has 1 amide bonds. The minimum atomic E-state index is -0.253. The fraction of sp³-hybridized carbons (Fsp3) is 0.250. The molecule has 0 aliphatic carbocycles. The maximum absolute atomic E-state index is 12.0. The van der Waals surface area contributed by atoms with Crippen LogP contribution in [0.25, 0.3) is 0 Å². The van der Waals surface area contributed by atoms with Crippen LogP contribution in [0.5, 0.6) is 11.5 Å². The van der Waals surface area contributed by atoms with Gasteiger partial charge in [-0.15, -0.1) is 11.3 Å². The summed E-state index contributed by atoms with van der Waals surface area (Å²) in [7, 11) is 1.53. The number of phenolic OH excluding ortho intramolecular Hbond substituents is 1. The summed E-state index contributed by atoms with van der Waals surface area (Å²) in [5.74, 6) is 0.361. The van der Waals surface area contributed by atoms with Gasteiger partial charge in [-0.3, -0.25) is 4.79 Å². The van der Waals surface area contributed by atoms with Crippen molar-refractivity contribution in [2.75, 3.05) is 7.11 Å². The van der Waals surface area contributed by atoms with Gasteiger partial charge in [-0.05, 0) is 37.6 Å². The Bertz CT molecular complexity index is 707. The average Bonchev–Trinajstić information content (AvgIpc) is 3.01. The van der Waals surface area contributed by atoms with Crippen molar-refractivity contribution in [3.05, 3.63) is 45.6 Å². The van der Waals surface area contributed by atoms with Gasteiger partial charge in [-0.25, -0.2) is 5.43 Å². The second-order valence-electron chi connectivity index (χ2n) is 4.64. The van der Waals surface area contributed by atoms with E-state index in [0.29, 0.717) is 21.9 Å². The number of aryl methyl sites for hydroxylation is 1. The van der Waals surface area contributed by atoms with E-state index in [1.807, 2.05) is 13.0 Å². The molecule has 0 saturated carbocycles. The second-order valence-corrected chi connectivity index (χ2v) is 5.81. The first-order valence-corrected chi connectivity index (χ1v) is 7.67. The maximum atomic E-state index is 12.0. The molecule has 0 aliphatic rings. The first-order valence-electron chi connectivity index (χ1n) is 6.85. The summed E-state index contributed by atoms with van der Waals surface area (Å²) in [6.07, 6.45) is 0.903. The summed E-state index contributed by atoms with van der Waals surface area (Å²) in [5, 5.41) is 14.0. The van der Waals surface area contributed by atoms with Crippen molar-refractivity contribution >= 4 is 23.0 Å². The third-order valence-electron chi connectivity index (χ3n) is 3.15. The van der Waals surface area contributed by atoms with E-state index < -0.39 is 0 Å². The van der Waals surface area contributed by atoms with Crippen molar-refractivity contribution in [1.29, 1.82) is 0 Å². The van der Waals surface area contributed by atoms with Crippen LogP contribution in [0.3, 0.4) is 0 Å². The summed E-state index contributed by atoms with van der Waals surface area (Å²) < 4.78 is 5.03. The van der Waals surface area contributed by atoms with Gasteiger partial charge in [-0.2, -0.15) is 5.10 Å². The van der Waals surface area contributed by atoms with E-state index in [1.165, 1.54) is 24.5 Å². The number of phenols is 1. The molecular weight excluding hydrogens is 300 g/mol. The van der Waals surface area contributed by atoms with Gasteiger partial charge in [0.15, 0.2) is 0 Å². The van der Waals surface area contributed by atoms with Crippen LogP contribution in [0.1, 0.15) is 34.0 Å². The molecule has 1 heterocycles. The molecule has 0 saturated heterocycles. The van der Waals surface area contributed by atoms with Crippen LogP contribution in [0.2, 0.25) is 0 Å². The van der Waals surface area contributed by atoms with E-state index in [-0.39, 0.29) is 11.7 Å². The van der Waals surface area contributed by atoms with E-state index >= 15 is 0 Å². The summed E-state index contributed by atoms with van der Waals surface area (Å²) in [5.41, 5.74) is 3.57. The van der Waals surface area contributed by atoms with E-state index in [1.54, 1.807) is 25.1 Å². The lowest BCUT2D eigenvalue weighted by Crippen LogP contribution is -2.18. The summed E-state index contributed by atoms with van der Waals surface area (Å²) in [6, 6.07) is 8.64. The third-order valence-corrected chi connectivity index (χ3v) is 4.38. The molecule has 0 fully saturated rings. The van der Waals surface area contributed by atoms with Crippen molar-refractivity contribution < 1.29 is 14.6 Å². The van der Waals surface area contributed by atoms with Crippen molar-refractivity contribution in [1.82, 2.24) is 5.43 Å². The van der Waals surface area contributed by atoms with E-state index in [2.05, 4.69) is 10.5 Å². The Morgan fingerprint density at radius 2 is 2.14 bits per heavy atom. The fourth-order valence-corrected chi connectivity index (χ4v) is 2.72. The molecule has 0 atom stereocenters. The highest BCUT2D eigenvalue weighted by Gasteiger charge is 2.10.